The van der Waals surface area contributed by atoms with Crippen LogP contribution < -0.4 is 4.74 Å². The molecule has 0 aliphatic rings. The van der Waals surface area contributed by atoms with Crippen LogP contribution in [0.4, 0.5) is 10.4 Å². The Hall–Kier alpha value is -1.54. The van der Waals surface area contributed by atoms with Gasteiger partial charge in [-0.25, -0.2) is 4.39 Å². The molecule has 0 atom stereocenters. The van der Waals surface area contributed by atoms with Crippen molar-refractivity contribution < 1.29 is 13.5 Å². The van der Waals surface area contributed by atoms with E-state index in [1.54, 1.807) is 6.07 Å². The minimum atomic E-state index is -0.443. The van der Waals surface area contributed by atoms with Gasteiger partial charge in [0.15, 0.2) is 11.6 Å². The number of hydrogen-bond donors (Lipinski definition) is 0. The highest BCUT2D eigenvalue weighted by Crippen LogP contribution is 2.27. The minimum absolute atomic E-state index is 0.125. The summed E-state index contributed by atoms with van der Waals surface area (Å²) in [6, 6.07) is 4.50. The smallest absolute Gasteiger partial charge is 0.344 e. The summed E-state index contributed by atoms with van der Waals surface area (Å²) in [6.07, 6.45) is 3.83. The zero-order valence-electron chi connectivity index (χ0n) is 11.1. The number of aromatic nitrogens is 2. The van der Waals surface area contributed by atoms with Gasteiger partial charge in [0.1, 0.15) is 4.38 Å². The van der Waals surface area contributed by atoms with Crippen molar-refractivity contribution in [2.75, 3.05) is 19.6 Å². The Bertz CT molecular complexity index is 625. The molecule has 106 valence electrons. The zero-order chi connectivity index (χ0) is 14.5. The molecule has 2 aromatic rings. The summed E-state index contributed by atoms with van der Waals surface area (Å²) < 4.78 is 24.5. The van der Waals surface area contributed by atoms with Gasteiger partial charge in [-0.15, -0.1) is 28.6 Å². The van der Waals surface area contributed by atoms with Crippen molar-refractivity contribution in [3.8, 4) is 17.2 Å². The van der Waals surface area contributed by atoms with Crippen LogP contribution in [-0.2, 0) is 0 Å². The van der Waals surface area contributed by atoms with E-state index >= 15 is 0 Å². The molecule has 5 nitrogen and oxygen atoms in total. The quantitative estimate of drug-likeness (QED) is 0.637. The first-order valence-corrected chi connectivity index (χ1v) is 7.97. The van der Waals surface area contributed by atoms with E-state index in [-0.39, 0.29) is 17.7 Å². The number of halogens is 1. The first-order chi connectivity index (χ1) is 9.67. The Labute approximate surface area is 124 Å². The summed E-state index contributed by atoms with van der Waals surface area (Å²) in [7, 11) is 1.40. The van der Waals surface area contributed by atoms with Gasteiger partial charge in [-0.05, 0) is 30.7 Å². The lowest BCUT2D eigenvalue weighted by molar-refractivity contribution is 0.386. The highest BCUT2D eigenvalue weighted by Gasteiger charge is 2.11. The van der Waals surface area contributed by atoms with Gasteiger partial charge in [0.2, 0.25) is 5.89 Å². The summed E-state index contributed by atoms with van der Waals surface area (Å²) in [5, 5.41) is 7.73. The van der Waals surface area contributed by atoms with Gasteiger partial charge in [0.05, 0.1) is 7.11 Å². The molecule has 2 rings (SSSR count). The van der Waals surface area contributed by atoms with Gasteiger partial charge in [-0.3, -0.25) is 0 Å². The molecule has 8 heteroatoms. The fourth-order valence-corrected chi connectivity index (χ4v) is 2.43. The summed E-state index contributed by atoms with van der Waals surface area (Å²) in [4.78, 5) is 4.20. The molecule has 0 fully saturated rings. The number of thioether (sulfide) groups is 2. The van der Waals surface area contributed by atoms with Crippen molar-refractivity contribution in [2.24, 2.45) is 4.99 Å². The van der Waals surface area contributed by atoms with Crippen LogP contribution in [0.1, 0.15) is 0 Å². The lowest BCUT2D eigenvalue weighted by Gasteiger charge is -2.02. The Morgan fingerprint density at radius 3 is 2.70 bits per heavy atom. The molecular formula is C12H12FN3O2S2. The molecule has 0 N–H and O–H groups in total. The molecule has 0 bridgehead atoms. The maximum atomic E-state index is 13.3. The zero-order valence-corrected chi connectivity index (χ0v) is 12.7. The molecular weight excluding hydrogens is 301 g/mol. The normalized spacial score (nSPS) is 10.4. The van der Waals surface area contributed by atoms with Crippen LogP contribution in [-0.4, -0.2) is 34.2 Å². The third kappa shape index (κ3) is 3.31. The Balaban J connectivity index is 2.31. The number of rotatable bonds is 3. The van der Waals surface area contributed by atoms with Gasteiger partial charge >= 0.3 is 6.01 Å². The van der Waals surface area contributed by atoms with Crippen LogP contribution in [0.3, 0.4) is 0 Å². The Morgan fingerprint density at radius 1 is 1.30 bits per heavy atom. The second-order valence-electron chi connectivity index (χ2n) is 3.53. The van der Waals surface area contributed by atoms with Crippen molar-refractivity contribution in [3.63, 3.8) is 0 Å². The standard InChI is InChI=1S/C12H12FN3O2S2/c1-17-9-6-7(4-5-8(9)13)10-15-16-11(18-10)14-12(19-2)20-3/h4-6H,1-3H3. The highest BCUT2D eigenvalue weighted by atomic mass is 32.2. The Morgan fingerprint density at radius 2 is 2.05 bits per heavy atom. The van der Waals surface area contributed by atoms with Crippen LogP contribution in [0, 0.1) is 5.82 Å². The average Bonchev–Trinajstić information content (AvgIpc) is 2.93. The lowest BCUT2D eigenvalue weighted by Crippen LogP contribution is -1.88. The number of benzene rings is 1. The third-order valence-electron chi connectivity index (χ3n) is 2.35. The summed E-state index contributed by atoms with van der Waals surface area (Å²) in [5.41, 5.74) is 0.576. The first-order valence-electron chi connectivity index (χ1n) is 5.52. The van der Waals surface area contributed by atoms with Crippen molar-refractivity contribution in [3.05, 3.63) is 24.0 Å². The number of aliphatic imine (C=N–C) groups is 1. The second-order valence-corrected chi connectivity index (χ2v) is 5.37. The molecule has 0 spiro atoms. The largest absolute Gasteiger partial charge is 0.494 e. The minimum Gasteiger partial charge on any atom is -0.494 e. The van der Waals surface area contributed by atoms with Gasteiger partial charge in [0.25, 0.3) is 0 Å². The summed E-state index contributed by atoms with van der Waals surface area (Å²) in [6.45, 7) is 0. The molecule has 0 saturated carbocycles. The molecule has 20 heavy (non-hydrogen) atoms. The van der Waals surface area contributed by atoms with Crippen LogP contribution in [0.5, 0.6) is 5.75 Å². The molecule has 0 aliphatic heterocycles. The third-order valence-corrected chi connectivity index (χ3v) is 4.23. The lowest BCUT2D eigenvalue weighted by atomic mass is 10.2. The van der Waals surface area contributed by atoms with Crippen molar-refractivity contribution >= 4 is 33.9 Å². The van der Waals surface area contributed by atoms with E-state index in [1.807, 2.05) is 12.5 Å². The molecule has 0 unspecified atom stereocenters. The topological polar surface area (TPSA) is 60.5 Å². The number of ether oxygens (including phenoxy) is 1. The monoisotopic (exact) mass is 313 g/mol. The average molecular weight is 313 g/mol. The van der Waals surface area contributed by atoms with Crippen molar-refractivity contribution in [2.45, 2.75) is 0 Å². The van der Waals surface area contributed by atoms with Gasteiger partial charge < -0.3 is 9.15 Å². The highest BCUT2D eigenvalue weighted by molar-refractivity contribution is 8.38. The first kappa shape index (κ1) is 14.9. The van der Waals surface area contributed by atoms with Crippen LogP contribution in [0.2, 0.25) is 0 Å². The molecule has 0 aliphatic carbocycles. The second kappa shape index (κ2) is 6.76. The summed E-state index contributed by atoms with van der Waals surface area (Å²) in [5.74, 6) is -0.0515. The van der Waals surface area contributed by atoms with E-state index in [0.29, 0.717) is 5.56 Å². The maximum Gasteiger partial charge on any atom is 0.344 e. The molecule has 1 aromatic heterocycles. The van der Waals surface area contributed by atoms with E-state index in [4.69, 9.17) is 9.15 Å². The molecule has 0 radical (unpaired) electrons. The van der Waals surface area contributed by atoms with Gasteiger partial charge in [0, 0.05) is 5.56 Å². The van der Waals surface area contributed by atoms with E-state index in [9.17, 15) is 4.39 Å². The van der Waals surface area contributed by atoms with E-state index in [1.165, 1.54) is 42.8 Å². The number of methoxy groups -OCH3 is 1. The molecule has 1 aromatic carbocycles. The van der Waals surface area contributed by atoms with Crippen molar-refractivity contribution in [1.82, 2.24) is 10.2 Å². The fraction of sp³-hybridized carbons (Fsp3) is 0.250. The SMILES string of the molecule is COc1cc(-c2nnc(N=C(SC)SC)o2)ccc1F. The fourth-order valence-electron chi connectivity index (χ4n) is 1.42. The predicted octanol–water partition coefficient (Wildman–Crippen LogP) is 3.60. The van der Waals surface area contributed by atoms with E-state index in [2.05, 4.69) is 15.2 Å². The van der Waals surface area contributed by atoms with Crippen LogP contribution >= 0.6 is 23.5 Å². The maximum absolute atomic E-state index is 13.3. The van der Waals surface area contributed by atoms with Gasteiger partial charge in [-0.2, -0.15) is 4.99 Å². The van der Waals surface area contributed by atoms with Gasteiger partial charge in [-0.1, -0.05) is 5.10 Å². The van der Waals surface area contributed by atoms with Crippen LogP contribution in [0.25, 0.3) is 11.5 Å². The molecule has 0 amide bonds. The number of nitrogens with zero attached hydrogens (tertiary/aromatic N) is 3. The summed E-state index contributed by atoms with van der Waals surface area (Å²) >= 11 is 2.99. The van der Waals surface area contributed by atoms with Crippen LogP contribution in [0.15, 0.2) is 27.6 Å². The molecule has 0 saturated heterocycles. The Kier molecular flexibility index (Phi) is 5.02. The van der Waals surface area contributed by atoms with Crippen molar-refractivity contribution in [1.29, 1.82) is 0 Å². The van der Waals surface area contributed by atoms with E-state index in [0.717, 1.165) is 4.38 Å². The predicted molar refractivity (Wildman–Crippen MR) is 80.4 cm³/mol. The number of hydrogen-bond acceptors (Lipinski definition) is 7. The molecule has 1 heterocycles. The van der Waals surface area contributed by atoms with E-state index < -0.39 is 5.82 Å².